The molecule has 0 unspecified atom stereocenters. The van der Waals surface area contributed by atoms with Crippen LogP contribution in [0, 0.1) is 0 Å². The van der Waals surface area contributed by atoms with Gasteiger partial charge < -0.3 is 16.0 Å². The summed E-state index contributed by atoms with van der Waals surface area (Å²) in [6.07, 6.45) is -1.16. The first kappa shape index (κ1) is 21.2. The van der Waals surface area contributed by atoms with Crippen molar-refractivity contribution in [2.24, 2.45) is 0 Å². The number of fused-ring (bicyclic) bond motifs is 1. The number of imidazole rings is 1. The number of halogens is 3. The molecule has 1 aromatic carbocycles. The van der Waals surface area contributed by atoms with E-state index in [2.05, 4.69) is 15.6 Å². The van der Waals surface area contributed by atoms with Crippen LogP contribution in [0.1, 0.15) is 24.2 Å². The lowest BCUT2D eigenvalue weighted by Crippen LogP contribution is -2.36. The first-order valence-electron chi connectivity index (χ1n) is 9.12. The van der Waals surface area contributed by atoms with Gasteiger partial charge in [0, 0.05) is 29.1 Å². The fraction of sp³-hybridized carbons (Fsp3) is 0.250. The van der Waals surface area contributed by atoms with Gasteiger partial charge in [0.25, 0.3) is 5.91 Å². The molecule has 0 aliphatic carbocycles. The molecule has 0 bridgehead atoms. The average Bonchev–Trinajstić information content (AvgIpc) is 3.09. The number of carbonyl (C=O) groups is 2. The van der Waals surface area contributed by atoms with Gasteiger partial charge in [-0.3, -0.25) is 9.20 Å². The molecule has 3 aromatic rings. The zero-order chi connectivity index (χ0) is 21.9. The Hall–Kier alpha value is -3.56. The number of amides is 3. The Balaban J connectivity index is 1.80. The van der Waals surface area contributed by atoms with Crippen LogP contribution in [-0.4, -0.2) is 40.1 Å². The van der Waals surface area contributed by atoms with Crippen molar-refractivity contribution < 1.29 is 22.8 Å². The lowest BCUT2D eigenvalue weighted by molar-refractivity contribution is -0.122. The standard InChI is InChI=1S/C20H20F3N5O2/c1-12(2)26-18(29)14-6-7-28-16(10-24-17(28)9-14)13-4-3-5-15(8-13)27-19(30)25-11-20(21,22)23/h3-10,12H,11H2,1-2H3,(H,26,29)(H2,25,27,30). The monoisotopic (exact) mass is 419 g/mol. The normalized spacial score (nSPS) is 11.5. The van der Waals surface area contributed by atoms with Crippen LogP contribution < -0.4 is 16.0 Å². The molecule has 0 radical (unpaired) electrons. The molecule has 3 rings (SSSR count). The van der Waals surface area contributed by atoms with Crippen LogP contribution in [0.15, 0.2) is 48.8 Å². The van der Waals surface area contributed by atoms with Crippen LogP contribution in [0.3, 0.4) is 0 Å². The third-order valence-corrected chi connectivity index (χ3v) is 4.06. The first-order chi connectivity index (χ1) is 14.1. The molecule has 10 heteroatoms. The van der Waals surface area contributed by atoms with Crippen LogP contribution in [0.5, 0.6) is 0 Å². The Bertz CT molecular complexity index is 1080. The Kier molecular flexibility index (Phi) is 5.95. The highest BCUT2D eigenvalue weighted by atomic mass is 19.4. The van der Waals surface area contributed by atoms with Gasteiger partial charge in [-0.05, 0) is 38.1 Å². The second kappa shape index (κ2) is 8.44. The molecule has 0 aliphatic heterocycles. The van der Waals surface area contributed by atoms with Gasteiger partial charge >= 0.3 is 12.2 Å². The summed E-state index contributed by atoms with van der Waals surface area (Å²) < 4.78 is 38.4. The predicted molar refractivity (Wildman–Crippen MR) is 106 cm³/mol. The van der Waals surface area contributed by atoms with Crippen LogP contribution in [-0.2, 0) is 0 Å². The maximum absolute atomic E-state index is 12.2. The van der Waals surface area contributed by atoms with Gasteiger partial charge in [0.2, 0.25) is 0 Å². The van der Waals surface area contributed by atoms with E-state index < -0.39 is 18.8 Å². The Morgan fingerprint density at radius 1 is 1.17 bits per heavy atom. The van der Waals surface area contributed by atoms with Crippen molar-refractivity contribution in [2.45, 2.75) is 26.1 Å². The summed E-state index contributed by atoms with van der Waals surface area (Å²) in [7, 11) is 0. The number of pyridine rings is 1. The molecule has 30 heavy (non-hydrogen) atoms. The highest BCUT2D eigenvalue weighted by Crippen LogP contribution is 2.24. The Morgan fingerprint density at radius 3 is 2.63 bits per heavy atom. The SMILES string of the molecule is CC(C)NC(=O)c1ccn2c(-c3cccc(NC(=O)NCC(F)(F)F)c3)cnc2c1. The molecule has 3 amide bonds. The number of rotatable bonds is 5. The number of hydrogen-bond acceptors (Lipinski definition) is 3. The van der Waals surface area contributed by atoms with Crippen molar-refractivity contribution in [1.82, 2.24) is 20.0 Å². The predicted octanol–water partition coefficient (Wildman–Crippen LogP) is 3.82. The number of nitrogens with zero attached hydrogens (tertiary/aromatic N) is 2. The quantitative estimate of drug-likeness (QED) is 0.588. The summed E-state index contributed by atoms with van der Waals surface area (Å²) >= 11 is 0. The summed E-state index contributed by atoms with van der Waals surface area (Å²) in [4.78, 5) is 28.2. The molecule has 2 heterocycles. The minimum atomic E-state index is -4.49. The van der Waals surface area contributed by atoms with E-state index in [0.29, 0.717) is 28.2 Å². The summed E-state index contributed by atoms with van der Waals surface area (Å²) in [6.45, 7) is 2.32. The smallest absolute Gasteiger partial charge is 0.350 e. The number of urea groups is 1. The van der Waals surface area contributed by atoms with E-state index >= 15 is 0 Å². The van der Waals surface area contributed by atoms with Gasteiger partial charge in [-0.15, -0.1) is 0 Å². The topological polar surface area (TPSA) is 87.5 Å². The second-order valence-electron chi connectivity index (χ2n) is 6.92. The molecule has 0 saturated heterocycles. The highest BCUT2D eigenvalue weighted by Gasteiger charge is 2.27. The minimum absolute atomic E-state index is 0.00704. The highest BCUT2D eigenvalue weighted by molar-refractivity contribution is 5.95. The summed E-state index contributed by atoms with van der Waals surface area (Å²) in [5.74, 6) is -0.201. The molecule has 0 saturated carbocycles. The summed E-state index contributed by atoms with van der Waals surface area (Å²) in [5.41, 5.74) is 2.75. The van der Waals surface area contributed by atoms with E-state index in [9.17, 15) is 22.8 Å². The van der Waals surface area contributed by atoms with Crippen molar-refractivity contribution in [3.8, 4) is 11.3 Å². The van der Waals surface area contributed by atoms with Crippen LogP contribution in [0.4, 0.5) is 23.7 Å². The number of benzene rings is 1. The largest absolute Gasteiger partial charge is 0.405 e. The molecule has 0 aliphatic rings. The number of carbonyl (C=O) groups excluding carboxylic acids is 2. The number of aromatic nitrogens is 2. The third-order valence-electron chi connectivity index (χ3n) is 4.06. The van der Waals surface area contributed by atoms with E-state index in [0.717, 1.165) is 0 Å². The number of alkyl halides is 3. The summed E-state index contributed by atoms with van der Waals surface area (Å²) in [6, 6.07) is 9.01. The molecule has 0 spiro atoms. The van der Waals surface area contributed by atoms with Crippen molar-refractivity contribution in [1.29, 1.82) is 0 Å². The molecule has 158 valence electrons. The fourth-order valence-corrected chi connectivity index (χ4v) is 2.79. The van der Waals surface area contributed by atoms with Crippen molar-refractivity contribution in [2.75, 3.05) is 11.9 Å². The van der Waals surface area contributed by atoms with Gasteiger partial charge in [-0.2, -0.15) is 13.2 Å². The molecular formula is C20H20F3N5O2. The molecule has 0 fully saturated rings. The van der Waals surface area contributed by atoms with Gasteiger partial charge in [0.05, 0.1) is 11.9 Å². The third kappa shape index (κ3) is 5.28. The van der Waals surface area contributed by atoms with Crippen molar-refractivity contribution in [3.05, 3.63) is 54.4 Å². The Labute approximate surface area is 170 Å². The molecule has 7 nitrogen and oxygen atoms in total. The lowest BCUT2D eigenvalue weighted by Gasteiger charge is -2.11. The maximum atomic E-state index is 12.2. The van der Waals surface area contributed by atoms with Gasteiger partial charge in [0.1, 0.15) is 12.2 Å². The van der Waals surface area contributed by atoms with E-state index in [1.165, 1.54) is 0 Å². The fourth-order valence-electron chi connectivity index (χ4n) is 2.79. The van der Waals surface area contributed by atoms with Gasteiger partial charge in [-0.25, -0.2) is 9.78 Å². The number of hydrogen-bond donors (Lipinski definition) is 3. The number of nitrogens with one attached hydrogen (secondary N) is 3. The zero-order valence-electron chi connectivity index (χ0n) is 16.2. The van der Waals surface area contributed by atoms with E-state index in [1.807, 2.05) is 13.8 Å². The molecule has 0 atom stereocenters. The Morgan fingerprint density at radius 2 is 1.93 bits per heavy atom. The minimum Gasteiger partial charge on any atom is -0.350 e. The average molecular weight is 419 g/mol. The number of anilines is 1. The van der Waals surface area contributed by atoms with Crippen LogP contribution >= 0.6 is 0 Å². The molecule has 2 aromatic heterocycles. The van der Waals surface area contributed by atoms with E-state index in [4.69, 9.17) is 0 Å². The maximum Gasteiger partial charge on any atom is 0.405 e. The van der Waals surface area contributed by atoms with Gasteiger partial charge in [0.15, 0.2) is 0 Å². The van der Waals surface area contributed by atoms with E-state index in [1.54, 1.807) is 58.5 Å². The van der Waals surface area contributed by atoms with Crippen molar-refractivity contribution >= 4 is 23.3 Å². The molecular weight excluding hydrogens is 399 g/mol. The van der Waals surface area contributed by atoms with Gasteiger partial charge in [-0.1, -0.05) is 12.1 Å². The lowest BCUT2D eigenvalue weighted by atomic mass is 10.1. The van der Waals surface area contributed by atoms with Crippen LogP contribution in [0.25, 0.3) is 16.9 Å². The zero-order valence-corrected chi connectivity index (χ0v) is 16.2. The molecule has 3 N–H and O–H groups in total. The summed E-state index contributed by atoms with van der Waals surface area (Å²) in [5, 5.41) is 6.94. The second-order valence-corrected chi connectivity index (χ2v) is 6.92. The van der Waals surface area contributed by atoms with E-state index in [-0.39, 0.29) is 11.9 Å². The first-order valence-corrected chi connectivity index (χ1v) is 9.12. The van der Waals surface area contributed by atoms with Crippen molar-refractivity contribution in [3.63, 3.8) is 0 Å². The van der Waals surface area contributed by atoms with Crippen LogP contribution in [0.2, 0.25) is 0 Å².